The SMILES string of the molecule is CC(C)(C)COC(=O)[C@@H]1CCCCN1S(C)(=O)=O. The summed E-state index contributed by atoms with van der Waals surface area (Å²) in [5, 5.41) is 0. The number of carbonyl (C=O) groups excluding carboxylic acids is 1. The van der Waals surface area contributed by atoms with E-state index in [2.05, 4.69) is 0 Å². The highest BCUT2D eigenvalue weighted by Gasteiger charge is 2.35. The normalized spacial score (nSPS) is 22.8. The van der Waals surface area contributed by atoms with Crippen LogP contribution in [0.3, 0.4) is 0 Å². The highest BCUT2D eigenvalue weighted by atomic mass is 32.2. The first-order valence-corrected chi connectivity index (χ1v) is 8.09. The van der Waals surface area contributed by atoms with Crippen LogP contribution in [0.25, 0.3) is 0 Å². The first-order chi connectivity index (χ1) is 8.11. The summed E-state index contributed by atoms with van der Waals surface area (Å²) < 4.78 is 29.7. The number of ether oxygens (including phenoxy) is 1. The topological polar surface area (TPSA) is 63.7 Å². The highest BCUT2D eigenvalue weighted by Crippen LogP contribution is 2.22. The van der Waals surface area contributed by atoms with Gasteiger partial charge in [-0.05, 0) is 24.7 Å². The predicted molar refractivity (Wildman–Crippen MR) is 69.6 cm³/mol. The molecule has 0 aliphatic carbocycles. The van der Waals surface area contributed by atoms with Crippen molar-refractivity contribution in [3.8, 4) is 0 Å². The quantitative estimate of drug-likeness (QED) is 0.731. The van der Waals surface area contributed by atoms with Gasteiger partial charge in [-0.3, -0.25) is 4.79 Å². The third kappa shape index (κ3) is 4.57. The van der Waals surface area contributed by atoms with Crippen molar-refractivity contribution in [2.45, 2.75) is 46.1 Å². The van der Waals surface area contributed by atoms with Crippen LogP contribution in [0.2, 0.25) is 0 Å². The van der Waals surface area contributed by atoms with Crippen LogP contribution in [-0.4, -0.2) is 44.1 Å². The van der Waals surface area contributed by atoms with Gasteiger partial charge in [0.05, 0.1) is 12.9 Å². The van der Waals surface area contributed by atoms with Crippen molar-refractivity contribution in [2.24, 2.45) is 5.41 Å². The lowest BCUT2D eigenvalue weighted by atomic mass is 9.98. The Balaban J connectivity index is 2.70. The molecule has 1 fully saturated rings. The first kappa shape index (κ1) is 15.4. The van der Waals surface area contributed by atoms with Crippen molar-refractivity contribution in [3.63, 3.8) is 0 Å². The molecule has 0 aromatic carbocycles. The van der Waals surface area contributed by atoms with Crippen LogP contribution in [0, 0.1) is 5.41 Å². The summed E-state index contributed by atoms with van der Waals surface area (Å²) in [4.78, 5) is 12.0. The summed E-state index contributed by atoms with van der Waals surface area (Å²) >= 11 is 0. The number of sulfonamides is 1. The van der Waals surface area contributed by atoms with Gasteiger partial charge >= 0.3 is 5.97 Å². The summed E-state index contributed by atoms with van der Waals surface area (Å²) in [5.74, 6) is -0.421. The Morgan fingerprint density at radius 2 is 1.94 bits per heavy atom. The van der Waals surface area contributed by atoms with E-state index >= 15 is 0 Å². The van der Waals surface area contributed by atoms with E-state index in [0.29, 0.717) is 19.6 Å². The zero-order valence-electron chi connectivity index (χ0n) is 11.6. The molecule has 18 heavy (non-hydrogen) atoms. The first-order valence-electron chi connectivity index (χ1n) is 6.25. The van der Waals surface area contributed by atoms with E-state index < -0.39 is 22.0 Å². The second-order valence-electron chi connectivity index (χ2n) is 6.05. The summed E-state index contributed by atoms with van der Waals surface area (Å²) in [5.41, 5.74) is -0.111. The molecule has 0 bridgehead atoms. The molecule has 0 amide bonds. The van der Waals surface area contributed by atoms with E-state index in [4.69, 9.17) is 4.74 Å². The lowest BCUT2D eigenvalue weighted by molar-refractivity contribution is -0.152. The number of rotatable bonds is 3. The molecule has 0 aromatic rings. The van der Waals surface area contributed by atoms with Crippen LogP contribution < -0.4 is 0 Å². The van der Waals surface area contributed by atoms with Crippen molar-refractivity contribution < 1.29 is 17.9 Å². The van der Waals surface area contributed by atoms with Crippen molar-refractivity contribution in [1.29, 1.82) is 0 Å². The van der Waals surface area contributed by atoms with Crippen molar-refractivity contribution >= 4 is 16.0 Å². The second-order valence-corrected chi connectivity index (χ2v) is 7.99. The van der Waals surface area contributed by atoms with E-state index in [1.165, 1.54) is 4.31 Å². The number of hydrogen-bond acceptors (Lipinski definition) is 4. The maximum absolute atomic E-state index is 12.0. The average Bonchev–Trinajstić information content (AvgIpc) is 2.24. The minimum absolute atomic E-state index is 0.111. The van der Waals surface area contributed by atoms with Crippen LogP contribution in [-0.2, 0) is 19.6 Å². The summed E-state index contributed by atoms with van der Waals surface area (Å²) in [6.07, 6.45) is 3.36. The molecule has 0 aromatic heterocycles. The molecule has 0 spiro atoms. The average molecular weight is 277 g/mol. The van der Waals surface area contributed by atoms with E-state index in [1.54, 1.807) is 0 Å². The van der Waals surface area contributed by atoms with Crippen LogP contribution >= 0.6 is 0 Å². The Morgan fingerprint density at radius 3 is 2.44 bits per heavy atom. The number of piperidine rings is 1. The van der Waals surface area contributed by atoms with Gasteiger partial charge in [-0.15, -0.1) is 0 Å². The standard InChI is InChI=1S/C12H23NO4S/c1-12(2,3)9-17-11(14)10-7-5-6-8-13(10)18(4,15)16/h10H,5-9H2,1-4H3/t10-/m0/s1. The summed E-state index contributed by atoms with van der Waals surface area (Å²) in [6, 6.07) is -0.643. The van der Waals surface area contributed by atoms with Crippen LogP contribution in [0.5, 0.6) is 0 Å². The molecule has 1 aliphatic heterocycles. The number of carbonyl (C=O) groups is 1. The van der Waals surface area contributed by atoms with E-state index in [9.17, 15) is 13.2 Å². The molecule has 1 rings (SSSR count). The molecule has 1 saturated heterocycles. The van der Waals surface area contributed by atoms with Gasteiger partial charge in [0.2, 0.25) is 10.0 Å². The predicted octanol–water partition coefficient (Wildman–Crippen LogP) is 1.39. The Labute approximate surface area is 110 Å². The number of hydrogen-bond donors (Lipinski definition) is 0. The van der Waals surface area contributed by atoms with Gasteiger partial charge in [-0.1, -0.05) is 20.8 Å². The lowest BCUT2D eigenvalue weighted by Crippen LogP contribution is -2.48. The van der Waals surface area contributed by atoms with E-state index in [-0.39, 0.29) is 5.41 Å². The number of nitrogens with zero attached hydrogens (tertiary/aromatic N) is 1. The third-order valence-electron chi connectivity index (χ3n) is 2.80. The number of esters is 1. The lowest BCUT2D eigenvalue weighted by Gasteiger charge is -2.32. The molecule has 5 nitrogen and oxygen atoms in total. The monoisotopic (exact) mass is 277 g/mol. The van der Waals surface area contributed by atoms with Crippen LogP contribution in [0.4, 0.5) is 0 Å². The molecule has 1 heterocycles. The van der Waals surface area contributed by atoms with Crippen molar-refractivity contribution in [1.82, 2.24) is 4.31 Å². The van der Waals surface area contributed by atoms with Crippen LogP contribution in [0.15, 0.2) is 0 Å². The van der Waals surface area contributed by atoms with E-state index in [1.807, 2.05) is 20.8 Å². The van der Waals surface area contributed by atoms with Gasteiger partial charge < -0.3 is 4.74 Å². The molecule has 106 valence electrons. The summed E-state index contributed by atoms with van der Waals surface area (Å²) in [6.45, 7) is 6.62. The Bertz CT molecular complexity index is 397. The van der Waals surface area contributed by atoms with Gasteiger partial charge in [0.1, 0.15) is 6.04 Å². The fourth-order valence-corrected chi connectivity index (χ4v) is 3.04. The fraction of sp³-hybridized carbons (Fsp3) is 0.917. The zero-order valence-corrected chi connectivity index (χ0v) is 12.4. The minimum atomic E-state index is -3.34. The van der Waals surface area contributed by atoms with Crippen molar-refractivity contribution in [3.05, 3.63) is 0 Å². The van der Waals surface area contributed by atoms with Gasteiger partial charge in [0.15, 0.2) is 0 Å². The molecule has 0 saturated carbocycles. The molecule has 6 heteroatoms. The van der Waals surface area contributed by atoms with Gasteiger partial charge in [-0.2, -0.15) is 4.31 Å². The van der Waals surface area contributed by atoms with Gasteiger partial charge in [0, 0.05) is 6.54 Å². The molecule has 0 radical (unpaired) electrons. The largest absolute Gasteiger partial charge is 0.464 e. The molecule has 1 aliphatic rings. The van der Waals surface area contributed by atoms with E-state index in [0.717, 1.165) is 19.1 Å². The van der Waals surface area contributed by atoms with Gasteiger partial charge in [-0.25, -0.2) is 8.42 Å². The van der Waals surface area contributed by atoms with Crippen LogP contribution in [0.1, 0.15) is 40.0 Å². The maximum atomic E-state index is 12.0. The highest BCUT2D eigenvalue weighted by molar-refractivity contribution is 7.88. The minimum Gasteiger partial charge on any atom is -0.464 e. The van der Waals surface area contributed by atoms with Gasteiger partial charge in [0.25, 0.3) is 0 Å². The molecule has 0 N–H and O–H groups in total. The molecular formula is C12H23NO4S. The molecular weight excluding hydrogens is 254 g/mol. The zero-order chi connectivity index (χ0) is 14.0. The Hall–Kier alpha value is -0.620. The van der Waals surface area contributed by atoms with Crippen molar-refractivity contribution in [2.75, 3.05) is 19.4 Å². The molecule has 1 atom stereocenters. The Kier molecular flexibility index (Phi) is 4.78. The smallest absolute Gasteiger partial charge is 0.324 e. The fourth-order valence-electron chi connectivity index (χ4n) is 1.92. The maximum Gasteiger partial charge on any atom is 0.324 e. The Morgan fingerprint density at radius 1 is 1.33 bits per heavy atom. The molecule has 0 unspecified atom stereocenters. The third-order valence-corrected chi connectivity index (χ3v) is 4.09. The summed E-state index contributed by atoms with van der Waals surface area (Å²) in [7, 11) is -3.34. The second kappa shape index (κ2) is 5.57.